The molecule has 6 heteroatoms. The number of nitrogens with zero attached hydrogens (tertiary/aromatic N) is 1. The van der Waals surface area contributed by atoms with Gasteiger partial charge in [0.25, 0.3) is 5.92 Å². The fourth-order valence-electron chi connectivity index (χ4n) is 0.746. The van der Waals surface area contributed by atoms with Gasteiger partial charge in [0.1, 0.15) is 18.5 Å². The van der Waals surface area contributed by atoms with E-state index in [4.69, 9.17) is 10.8 Å². The highest BCUT2D eigenvalue weighted by Gasteiger charge is 2.38. The van der Waals surface area contributed by atoms with Gasteiger partial charge in [0.05, 0.1) is 0 Å². The predicted octanol–water partition coefficient (Wildman–Crippen LogP) is 0.0371. The molecule has 1 heterocycles. The summed E-state index contributed by atoms with van der Waals surface area (Å²) < 4.78 is 25.3. The van der Waals surface area contributed by atoms with Crippen molar-refractivity contribution >= 4 is 0 Å². The molecule has 0 spiro atoms. The summed E-state index contributed by atoms with van der Waals surface area (Å²) in [6, 6.07) is -1.59. The van der Waals surface area contributed by atoms with Gasteiger partial charge >= 0.3 is 0 Å². The zero-order chi connectivity index (χ0) is 9.19. The molecule has 0 fully saturated rings. The summed E-state index contributed by atoms with van der Waals surface area (Å²) in [5.74, 6) is -3.37. The highest BCUT2D eigenvalue weighted by molar-refractivity contribution is 5.00. The van der Waals surface area contributed by atoms with Gasteiger partial charge in [0.2, 0.25) is 0 Å². The van der Waals surface area contributed by atoms with E-state index in [-0.39, 0.29) is 5.82 Å². The van der Waals surface area contributed by atoms with E-state index < -0.39 is 18.6 Å². The van der Waals surface area contributed by atoms with Crippen LogP contribution in [0, 0.1) is 0 Å². The van der Waals surface area contributed by atoms with Crippen molar-refractivity contribution in [3.05, 3.63) is 18.2 Å². The Hall–Kier alpha value is -1.01. The summed E-state index contributed by atoms with van der Waals surface area (Å²) >= 11 is 0. The maximum Gasteiger partial charge on any atom is 0.292 e. The van der Waals surface area contributed by atoms with Gasteiger partial charge in [-0.25, -0.2) is 13.8 Å². The number of hydrogen-bond acceptors (Lipinski definition) is 3. The molecule has 1 aromatic rings. The van der Waals surface area contributed by atoms with Gasteiger partial charge < -0.3 is 15.8 Å². The van der Waals surface area contributed by atoms with Crippen molar-refractivity contribution in [1.29, 1.82) is 0 Å². The molecule has 1 aromatic heterocycles. The van der Waals surface area contributed by atoms with E-state index >= 15 is 0 Å². The van der Waals surface area contributed by atoms with Crippen LogP contribution in [0.15, 0.2) is 12.4 Å². The van der Waals surface area contributed by atoms with Crippen molar-refractivity contribution in [3.8, 4) is 0 Å². The highest BCUT2D eigenvalue weighted by Crippen LogP contribution is 2.26. The Morgan fingerprint density at radius 3 is 2.83 bits per heavy atom. The molecule has 0 unspecified atom stereocenters. The van der Waals surface area contributed by atoms with Crippen LogP contribution in [0.2, 0.25) is 0 Å². The molecule has 68 valence electrons. The number of imidazole rings is 1. The fraction of sp³-hybridized carbons (Fsp3) is 0.500. The average Bonchev–Trinajstić information content (AvgIpc) is 2.55. The van der Waals surface area contributed by atoms with Crippen molar-refractivity contribution in [3.63, 3.8) is 0 Å². The second-order valence-electron chi connectivity index (χ2n) is 2.37. The van der Waals surface area contributed by atoms with E-state index in [2.05, 4.69) is 9.97 Å². The van der Waals surface area contributed by atoms with Crippen molar-refractivity contribution in [2.24, 2.45) is 5.73 Å². The molecule has 0 aliphatic heterocycles. The Morgan fingerprint density at radius 2 is 2.42 bits per heavy atom. The summed E-state index contributed by atoms with van der Waals surface area (Å²) in [6.07, 6.45) is 2.71. The molecular formula is C6H9F2N3O. The first-order valence-corrected chi connectivity index (χ1v) is 3.31. The van der Waals surface area contributed by atoms with Crippen LogP contribution >= 0.6 is 0 Å². The molecule has 4 nitrogen and oxygen atoms in total. The maximum absolute atomic E-state index is 12.7. The number of halogens is 2. The number of aromatic amines is 1. The lowest BCUT2D eigenvalue weighted by atomic mass is 10.1. The topological polar surface area (TPSA) is 74.9 Å². The third-order valence-corrected chi connectivity index (χ3v) is 1.48. The minimum absolute atomic E-state index is 0.0333. The van der Waals surface area contributed by atoms with Gasteiger partial charge in [-0.05, 0) is 0 Å². The van der Waals surface area contributed by atoms with Crippen molar-refractivity contribution in [2.45, 2.75) is 12.0 Å². The van der Waals surface area contributed by atoms with Crippen LogP contribution in [0.1, 0.15) is 11.9 Å². The highest BCUT2D eigenvalue weighted by atomic mass is 19.3. The lowest BCUT2D eigenvalue weighted by molar-refractivity contribution is -0.0729. The first-order chi connectivity index (χ1) is 5.58. The van der Waals surface area contributed by atoms with Crippen LogP contribution in [0.4, 0.5) is 8.78 Å². The molecule has 0 saturated carbocycles. The lowest BCUT2D eigenvalue weighted by Crippen LogP contribution is -2.36. The smallest absolute Gasteiger partial charge is 0.292 e. The molecule has 0 aliphatic carbocycles. The molecule has 1 atom stereocenters. The van der Waals surface area contributed by atoms with E-state index in [0.29, 0.717) is 0 Å². The Kier molecular flexibility index (Phi) is 2.39. The van der Waals surface area contributed by atoms with Gasteiger partial charge in [-0.3, -0.25) is 0 Å². The Bertz CT molecular complexity index is 237. The third-order valence-electron chi connectivity index (χ3n) is 1.48. The fourth-order valence-corrected chi connectivity index (χ4v) is 0.746. The third kappa shape index (κ3) is 1.59. The van der Waals surface area contributed by atoms with E-state index in [1.54, 1.807) is 0 Å². The molecule has 0 bridgehead atoms. The number of H-pyrrole nitrogens is 1. The van der Waals surface area contributed by atoms with Crippen LogP contribution in [-0.2, 0) is 0 Å². The first kappa shape index (κ1) is 9.08. The summed E-state index contributed by atoms with van der Waals surface area (Å²) in [5, 5.41) is 8.29. The summed E-state index contributed by atoms with van der Waals surface area (Å²) in [6.45, 7) is -1.28. The second kappa shape index (κ2) is 3.16. The largest absolute Gasteiger partial charge is 0.390 e. The first-order valence-electron chi connectivity index (χ1n) is 3.31. The van der Waals surface area contributed by atoms with Gasteiger partial charge in [0, 0.05) is 12.4 Å². The molecule has 4 N–H and O–H groups in total. The van der Waals surface area contributed by atoms with E-state index in [1.807, 2.05) is 0 Å². The summed E-state index contributed by atoms with van der Waals surface area (Å²) in [5.41, 5.74) is 5.12. The second-order valence-corrected chi connectivity index (χ2v) is 2.37. The zero-order valence-electron chi connectivity index (χ0n) is 6.17. The number of nitrogens with two attached hydrogens (primary N) is 1. The monoisotopic (exact) mass is 177 g/mol. The normalized spacial score (nSPS) is 14.7. The number of nitrogens with one attached hydrogen (secondary N) is 1. The van der Waals surface area contributed by atoms with Crippen molar-refractivity contribution in [1.82, 2.24) is 9.97 Å². The van der Waals surface area contributed by atoms with Gasteiger partial charge in [-0.15, -0.1) is 0 Å². The molecule has 0 aromatic carbocycles. The number of aromatic nitrogens is 2. The van der Waals surface area contributed by atoms with Gasteiger partial charge in [-0.2, -0.15) is 0 Å². The molecule has 0 amide bonds. The number of hydrogen-bond donors (Lipinski definition) is 3. The number of aliphatic hydroxyl groups excluding tert-OH is 1. The number of rotatable bonds is 3. The van der Waals surface area contributed by atoms with Crippen LogP contribution in [0.3, 0.4) is 0 Å². The quantitative estimate of drug-likeness (QED) is 0.610. The zero-order valence-corrected chi connectivity index (χ0v) is 6.17. The lowest BCUT2D eigenvalue weighted by Gasteiger charge is -2.18. The predicted molar refractivity (Wildman–Crippen MR) is 37.5 cm³/mol. The van der Waals surface area contributed by atoms with Crippen LogP contribution in [-0.4, -0.2) is 27.6 Å². The minimum atomic E-state index is -3.34. The van der Waals surface area contributed by atoms with Crippen LogP contribution < -0.4 is 5.73 Å². The molecular weight excluding hydrogens is 168 g/mol. The summed E-state index contributed by atoms with van der Waals surface area (Å²) in [4.78, 5) is 6.01. The Balaban J connectivity index is 2.78. The molecule has 0 radical (unpaired) electrons. The molecule has 1 rings (SSSR count). The summed E-state index contributed by atoms with van der Waals surface area (Å²) in [7, 11) is 0. The van der Waals surface area contributed by atoms with E-state index in [9.17, 15) is 8.78 Å². The van der Waals surface area contributed by atoms with Crippen molar-refractivity contribution in [2.75, 3.05) is 6.61 Å². The minimum Gasteiger partial charge on any atom is -0.390 e. The molecule has 12 heavy (non-hydrogen) atoms. The van der Waals surface area contributed by atoms with Gasteiger partial charge in [0.15, 0.2) is 0 Å². The van der Waals surface area contributed by atoms with Crippen molar-refractivity contribution < 1.29 is 13.9 Å². The number of aliphatic hydroxyl groups is 1. The standard InChI is InChI=1S/C6H9F2N3O/c7-6(8,3-12)4(9)5-10-1-2-11-5/h1-2,4,12H,3,9H2,(H,10,11)/t4-/m1/s1. The SMILES string of the molecule is N[C@H](c1ncc[nH]1)C(F)(F)CO. The average molecular weight is 177 g/mol. The maximum atomic E-state index is 12.7. The van der Waals surface area contributed by atoms with Crippen LogP contribution in [0.5, 0.6) is 0 Å². The van der Waals surface area contributed by atoms with E-state index in [0.717, 1.165) is 0 Å². The van der Waals surface area contributed by atoms with Gasteiger partial charge in [-0.1, -0.05) is 0 Å². The Labute approximate surface area is 67.4 Å². The van der Waals surface area contributed by atoms with E-state index in [1.165, 1.54) is 12.4 Å². The number of alkyl halides is 2. The molecule has 0 aliphatic rings. The molecule has 0 saturated heterocycles. The van der Waals surface area contributed by atoms with Crippen LogP contribution in [0.25, 0.3) is 0 Å². The Morgan fingerprint density at radius 1 is 1.75 bits per heavy atom.